The summed E-state index contributed by atoms with van der Waals surface area (Å²) in [4.78, 5) is 17.5. The average molecular weight is 220 g/mol. The number of nitrogens with one attached hydrogen (secondary N) is 2. The van der Waals surface area contributed by atoms with Crippen molar-refractivity contribution in [3.8, 4) is 0 Å². The molecular weight excluding hydrogens is 208 g/mol. The number of carboxylic acid groups (broad SMARTS) is 1. The fourth-order valence-corrected chi connectivity index (χ4v) is 2.11. The van der Waals surface area contributed by atoms with Gasteiger partial charge in [-0.2, -0.15) is 0 Å². The number of hydrogen-bond acceptors (Lipinski definition) is 5. The number of rotatable bonds is 1. The van der Waals surface area contributed by atoms with Crippen LogP contribution in [0.5, 0.6) is 0 Å². The highest BCUT2D eigenvalue weighted by Crippen LogP contribution is 2.20. The minimum absolute atomic E-state index is 0.546. The molecule has 0 aromatic rings. The van der Waals surface area contributed by atoms with Crippen LogP contribution in [0, 0.1) is 0 Å². The van der Waals surface area contributed by atoms with Gasteiger partial charge in [-0.25, -0.2) is 9.79 Å². The van der Waals surface area contributed by atoms with E-state index in [4.69, 9.17) is 5.11 Å². The molecule has 0 saturated carbocycles. The van der Waals surface area contributed by atoms with Crippen molar-refractivity contribution < 1.29 is 9.90 Å². The fourth-order valence-electron chi connectivity index (χ4n) is 2.11. The van der Waals surface area contributed by atoms with Crippen molar-refractivity contribution in [1.82, 2.24) is 15.5 Å². The Balaban J connectivity index is 1.92. The van der Waals surface area contributed by atoms with Crippen LogP contribution in [0.15, 0.2) is 28.7 Å². The third kappa shape index (κ3) is 1.38. The smallest absolute Gasteiger partial charge is 0.341 e. The summed E-state index contributed by atoms with van der Waals surface area (Å²) in [6, 6.07) is 0. The van der Waals surface area contributed by atoms with E-state index >= 15 is 0 Å². The maximum atomic E-state index is 10.9. The van der Waals surface area contributed by atoms with Crippen LogP contribution in [0.1, 0.15) is 0 Å². The summed E-state index contributed by atoms with van der Waals surface area (Å²) in [5.74, 6) is -0.218. The van der Waals surface area contributed by atoms with Gasteiger partial charge in [0.1, 0.15) is 5.82 Å². The van der Waals surface area contributed by atoms with Crippen LogP contribution in [0.25, 0.3) is 0 Å². The Labute approximate surface area is 92.3 Å². The first-order valence-corrected chi connectivity index (χ1v) is 5.19. The van der Waals surface area contributed by atoms with E-state index in [1.54, 1.807) is 0 Å². The molecule has 0 aliphatic carbocycles. The van der Waals surface area contributed by atoms with E-state index in [2.05, 4.69) is 26.6 Å². The van der Waals surface area contributed by atoms with E-state index in [1.165, 1.54) is 0 Å². The van der Waals surface area contributed by atoms with Crippen molar-refractivity contribution >= 4 is 11.7 Å². The van der Waals surface area contributed by atoms with Gasteiger partial charge in [0.25, 0.3) is 0 Å². The van der Waals surface area contributed by atoms with Crippen LogP contribution in [0.4, 0.5) is 0 Å². The van der Waals surface area contributed by atoms with E-state index in [9.17, 15) is 4.79 Å². The zero-order valence-corrected chi connectivity index (χ0v) is 8.60. The Kier molecular flexibility index (Phi) is 1.97. The largest absolute Gasteiger partial charge is 0.479 e. The van der Waals surface area contributed by atoms with E-state index in [1.807, 2.05) is 6.08 Å². The molecule has 2 bridgehead atoms. The number of nitrogens with zero attached hydrogens (tertiary/aromatic N) is 2. The summed E-state index contributed by atoms with van der Waals surface area (Å²) >= 11 is 0. The number of aliphatic carboxylic acids is 1. The average Bonchev–Trinajstić information content (AvgIpc) is 2.28. The van der Waals surface area contributed by atoms with Gasteiger partial charge < -0.3 is 15.3 Å². The molecule has 16 heavy (non-hydrogen) atoms. The number of carbonyl (C=O) groups is 1. The van der Waals surface area contributed by atoms with Crippen molar-refractivity contribution in [3.63, 3.8) is 0 Å². The molecule has 3 N–H and O–H groups in total. The topological polar surface area (TPSA) is 77.0 Å². The lowest BCUT2D eigenvalue weighted by Gasteiger charge is -2.38. The predicted octanol–water partition coefficient (Wildman–Crippen LogP) is -0.915. The molecule has 3 aliphatic rings. The minimum Gasteiger partial charge on any atom is -0.479 e. The molecule has 6 heteroatoms. The van der Waals surface area contributed by atoms with Crippen molar-refractivity contribution in [2.24, 2.45) is 4.99 Å². The standard InChI is InChI=1S/C10H12N4O2/c15-10(16)9-11-4-7-8(13-9)12-6-2-1-3-14(7)5-6/h1-2,9,11,13H,3-5H2,(H,15,16). The summed E-state index contributed by atoms with van der Waals surface area (Å²) in [5, 5.41) is 14.7. The number of aliphatic imine (C=N–C) groups is 1. The van der Waals surface area contributed by atoms with Gasteiger partial charge in [0.2, 0.25) is 0 Å². The van der Waals surface area contributed by atoms with Crippen molar-refractivity contribution in [3.05, 3.63) is 23.7 Å². The maximum absolute atomic E-state index is 10.9. The molecule has 0 fully saturated rings. The zero-order chi connectivity index (χ0) is 11.1. The van der Waals surface area contributed by atoms with Crippen LogP contribution in [-0.2, 0) is 4.79 Å². The molecule has 6 nitrogen and oxygen atoms in total. The molecule has 0 radical (unpaired) electrons. The van der Waals surface area contributed by atoms with Gasteiger partial charge in [-0.3, -0.25) is 5.32 Å². The Morgan fingerprint density at radius 3 is 3.31 bits per heavy atom. The molecule has 0 spiro atoms. The van der Waals surface area contributed by atoms with Gasteiger partial charge in [0.15, 0.2) is 6.17 Å². The lowest BCUT2D eigenvalue weighted by Crippen LogP contribution is -2.56. The molecule has 84 valence electrons. The quantitative estimate of drug-likeness (QED) is 0.533. The van der Waals surface area contributed by atoms with E-state index in [-0.39, 0.29) is 0 Å². The number of hydrogen-bond donors (Lipinski definition) is 3. The Hall–Kier alpha value is -1.82. The second-order valence-corrected chi connectivity index (χ2v) is 3.98. The summed E-state index contributed by atoms with van der Waals surface area (Å²) in [6.07, 6.45) is 3.31. The SMILES string of the molecule is O=C(O)C1NCC2=C(N=C3C=CCN2C3)N1. The molecule has 0 amide bonds. The molecule has 3 aliphatic heterocycles. The van der Waals surface area contributed by atoms with Crippen LogP contribution >= 0.6 is 0 Å². The molecule has 0 aromatic carbocycles. The highest BCUT2D eigenvalue weighted by molar-refractivity contribution is 5.99. The van der Waals surface area contributed by atoms with Crippen LogP contribution < -0.4 is 10.6 Å². The lowest BCUT2D eigenvalue weighted by molar-refractivity contribution is -0.140. The van der Waals surface area contributed by atoms with Crippen LogP contribution in [-0.4, -0.2) is 47.5 Å². The van der Waals surface area contributed by atoms with E-state index < -0.39 is 12.1 Å². The number of fused-ring (bicyclic) bond motifs is 3. The first kappa shape index (κ1) is 9.41. The maximum Gasteiger partial charge on any atom is 0.341 e. The van der Waals surface area contributed by atoms with E-state index in [0.29, 0.717) is 12.4 Å². The molecule has 0 aromatic heterocycles. The zero-order valence-electron chi connectivity index (χ0n) is 8.60. The van der Waals surface area contributed by atoms with Crippen molar-refractivity contribution in [2.75, 3.05) is 19.6 Å². The van der Waals surface area contributed by atoms with Crippen molar-refractivity contribution in [1.29, 1.82) is 0 Å². The first-order chi connectivity index (χ1) is 7.74. The molecular formula is C10H12N4O2. The molecule has 1 unspecified atom stereocenters. The van der Waals surface area contributed by atoms with Crippen LogP contribution in [0.2, 0.25) is 0 Å². The Morgan fingerprint density at radius 2 is 2.50 bits per heavy atom. The molecule has 3 rings (SSSR count). The molecule has 1 atom stereocenters. The predicted molar refractivity (Wildman–Crippen MR) is 57.7 cm³/mol. The van der Waals surface area contributed by atoms with Gasteiger partial charge in [0, 0.05) is 13.1 Å². The van der Waals surface area contributed by atoms with Gasteiger partial charge >= 0.3 is 5.97 Å². The van der Waals surface area contributed by atoms with Gasteiger partial charge in [-0.1, -0.05) is 6.08 Å². The third-order valence-electron chi connectivity index (χ3n) is 2.90. The van der Waals surface area contributed by atoms with Crippen molar-refractivity contribution in [2.45, 2.75) is 6.17 Å². The van der Waals surface area contributed by atoms with Gasteiger partial charge in [0.05, 0.1) is 18.0 Å². The fraction of sp³-hybridized carbons (Fsp3) is 0.400. The number of carboxylic acids is 1. The van der Waals surface area contributed by atoms with E-state index in [0.717, 1.165) is 24.5 Å². The first-order valence-electron chi connectivity index (χ1n) is 5.19. The molecule has 3 heterocycles. The minimum atomic E-state index is -0.909. The second kappa shape index (κ2) is 3.34. The highest BCUT2D eigenvalue weighted by atomic mass is 16.4. The second-order valence-electron chi connectivity index (χ2n) is 3.98. The Morgan fingerprint density at radius 1 is 1.62 bits per heavy atom. The summed E-state index contributed by atoms with van der Waals surface area (Å²) in [5.41, 5.74) is 2.02. The third-order valence-corrected chi connectivity index (χ3v) is 2.90. The van der Waals surface area contributed by atoms with Gasteiger partial charge in [-0.05, 0) is 6.08 Å². The monoisotopic (exact) mass is 220 g/mol. The Bertz CT molecular complexity index is 438. The summed E-state index contributed by atoms with van der Waals surface area (Å²) < 4.78 is 0. The summed E-state index contributed by atoms with van der Waals surface area (Å²) in [7, 11) is 0. The molecule has 0 saturated heterocycles. The highest BCUT2D eigenvalue weighted by Gasteiger charge is 2.30. The normalized spacial score (nSPS) is 27.1. The lowest BCUT2D eigenvalue weighted by atomic mass is 10.1. The summed E-state index contributed by atoms with van der Waals surface area (Å²) in [6.45, 7) is 2.22. The van der Waals surface area contributed by atoms with Crippen LogP contribution in [0.3, 0.4) is 0 Å². The van der Waals surface area contributed by atoms with Gasteiger partial charge in [-0.15, -0.1) is 0 Å².